The Balaban J connectivity index is 1.86. The number of rotatable bonds is 6. The molecule has 0 aromatic heterocycles. The molecular weight excluding hydrogens is 354 g/mol. The monoisotopic (exact) mass is 377 g/mol. The molecule has 2 atom stereocenters. The lowest BCUT2D eigenvalue weighted by Crippen LogP contribution is -2.27. The SMILES string of the molecule is COc1ccc(C2(C#N)CC=C(OS(=O)O)CC2)cc1OC1CCCC1. The zero-order chi connectivity index (χ0) is 18.6. The molecule has 0 radical (unpaired) electrons. The van der Waals surface area contributed by atoms with Crippen LogP contribution in [0.25, 0.3) is 0 Å². The average molecular weight is 377 g/mol. The predicted molar refractivity (Wildman–Crippen MR) is 97.0 cm³/mol. The summed E-state index contributed by atoms with van der Waals surface area (Å²) in [6, 6.07) is 8.08. The first-order valence-corrected chi connectivity index (χ1v) is 9.84. The van der Waals surface area contributed by atoms with E-state index in [2.05, 4.69) is 6.07 Å². The molecule has 0 heterocycles. The van der Waals surface area contributed by atoms with Crippen molar-refractivity contribution >= 4 is 11.4 Å². The molecule has 0 amide bonds. The van der Waals surface area contributed by atoms with E-state index in [-0.39, 0.29) is 6.10 Å². The summed E-state index contributed by atoms with van der Waals surface area (Å²) in [5.74, 6) is 1.79. The molecule has 140 valence electrons. The van der Waals surface area contributed by atoms with Crippen molar-refractivity contribution in [3.63, 3.8) is 0 Å². The van der Waals surface area contributed by atoms with Crippen LogP contribution >= 0.6 is 0 Å². The molecule has 1 N–H and O–H groups in total. The third-order valence-corrected chi connectivity index (χ3v) is 5.54. The summed E-state index contributed by atoms with van der Waals surface area (Å²) in [6.45, 7) is 0. The maximum absolute atomic E-state index is 10.8. The number of hydrogen-bond acceptors (Lipinski definition) is 5. The summed E-state index contributed by atoms with van der Waals surface area (Å²) in [7, 11) is 1.61. The Morgan fingerprint density at radius 3 is 2.65 bits per heavy atom. The van der Waals surface area contributed by atoms with Gasteiger partial charge in [0.25, 0.3) is 0 Å². The number of hydrogen-bond donors (Lipinski definition) is 1. The number of allylic oxidation sites excluding steroid dienone is 2. The van der Waals surface area contributed by atoms with Crippen LogP contribution in [0.1, 0.15) is 50.5 Å². The summed E-state index contributed by atoms with van der Waals surface area (Å²) >= 11 is -2.33. The first kappa shape index (κ1) is 18.7. The highest BCUT2D eigenvalue weighted by Gasteiger charge is 2.36. The zero-order valence-corrected chi connectivity index (χ0v) is 15.6. The molecule has 6 nitrogen and oxygen atoms in total. The lowest BCUT2D eigenvalue weighted by molar-refractivity contribution is 0.200. The maximum Gasteiger partial charge on any atom is 0.357 e. The van der Waals surface area contributed by atoms with E-state index in [1.165, 1.54) is 12.8 Å². The molecule has 2 unspecified atom stereocenters. The molecule has 0 spiro atoms. The van der Waals surface area contributed by atoms with Crippen molar-refractivity contribution in [1.82, 2.24) is 0 Å². The number of nitriles is 1. The van der Waals surface area contributed by atoms with Crippen molar-refractivity contribution < 1.29 is 22.4 Å². The summed E-state index contributed by atoms with van der Waals surface area (Å²) in [4.78, 5) is 0. The molecule has 1 fully saturated rings. The maximum atomic E-state index is 10.8. The van der Waals surface area contributed by atoms with Crippen molar-refractivity contribution in [1.29, 1.82) is 5.26 Å². The fourth-order valence-corrected chi connectivity index (χ4v) is 4.01. The highest BCUT2D eigenvalue weighted by atomic mass is 32.2. The van der Waals surface area contributed by atoms with E-state index in [0.717, 1.165) is 18.4 Å². The molecule has 1 aromatic rings. The Morgan fingerprint density at radius 2 is 2.08 bits per heavy atom. The number of benzene rings is 1. The van der Waals surface area contributed by atoms with Gasteiger partial charge in [0.2, 0.25) is 0 Å². The van der Waals surface area contributed by atoms with Gasteiger partial charge >= 0.3 is 11.4 Å². The summed E-state index contributed by atoms with van der Waals surface area (Å²) < 4.78 is 36.1. The lowest BCUT2D eigenvalue weighted by atomic mass is 9.72. The molecule has 1 aromatic carbocycles. The van der Waals surface area contributed by atoms with Crippen LogP contribution in [0.4, 0.5) is 0 Å². The quantitative estimate of drug-likeness (QED) is 0.754. The second-order valence-corrected chi connectivity index (χ2v) is 7.36. The predicted octanol–water partition coefficient (Wildman–Crippen LogP) is 4.00. The molecule has 7 heteroatoms. The Morgan fingerprint density at radius 1 is 1.31 bits per heavy atom. The van der Waals surface area contributed by atoms with Crippen LogP contribution in [0, 0.1) is 11.3 Å². The van der Waals surface area contributed by atoms with Crippen LogP contribution in [0.3, 0.4) is 0 Å². The van der Waals surface area contributed by atoms with E-state index in [9.17, 15) is 9.47 Å². The van der Waals surface area contributed by atoms with Crippen molar-refractivity contribution in [2.75, 3.05) is 7.11 Å². The Labute approximate surface area is 156 Å². The summed E-state index contributed by atoms with van der Waals surface area (Å²) in [5, 5.41) is 9.86. The summed E-state index contributed by atoms with van der Waals surface area (Å²) in [5.41, 5.74) is 0.165. The van der Waals surface area contributed by atoms with Crippen LogP contribution in [-0.2, 0) is 21.0 Å². The van der Waals surface area contributed by atoms with E-state index in [1.807, 2.05) is 18.2 Å². The Bertz CT molecular complexity index is 751. The molecule has 2 aliphatic rings. The average Bonchev–Trinajstić information content (AvgIpc) is 3.15. The van der Waals surface area contributed by atoms with E-state index in [1.54, 1.807) is 13.2 Å². The van der Waals surface area contributed by atoms with E-state index >= 15 is 0 Å². The molecule has 2 aliphatic carbocycles. The Kier molecular flexibility index (Phi) is 5.84. The van der Waals surface area contributed by atoms with Gasteiger partial charge in [-0.2, -0.15) is 9.47 Å². The first-order valence-electron chi connectivity index (χ1n) is 8.81. The van der Waals surface area contributed by atoms with Crippen molar-refractivity contribution in [2.24, 2.45) is 0 Å². The van der Waals surface area contributed by atoms with Gasteiger partial charge in [0.15, 0.2) is 11.5 Å². The Hall–Kier alpha value is -2.04. The standard InChI is InChI=1S/C19H23NO5S/c1-23-17-7-6-14(12-18(17)24-15-4-2-3-5-15)19(13-20)10-8-16(9-11-19)25-26(21)22/h6-8,12,15H,2-5,9-11H2,1H3,(H,21,22). The van der Waals surface area contributed by atoms with Crippen LogP contribution in [0.15, 0.2) is 30.0 Å². The van der Waals surface area contributed by atoms with Gasteiger partial charge in [-0.1, -0.05) is 6.07 Å². The fraction of sp³-hybridized carbons (Fsp3) is 0.526. The molecule has 0 bridgehead atoms. The molecule has 0 saturated heterocycles. The zero-order valence-electron chi connectivity index (χ0n) is 14.8. The van der Waals surface area contributed by atoms with Gasteiger partial charge in [-0.3, -0.25) is 4.55 Å². The third-order valence-electron chi connectivity index (χ3n) is 5.18. The van der Waals surface area contributed by atoms with Gasteiger partial charge in [0.05, 0.1) is 24.7 Å². The third kappa shape index (κ3) is 4.02. The fourth-order valence-electron chi connectivity index (χ4n) is 3.68. The number of methoxy groups -OCH3 is 1. The molecule has 0 aliphatic heterocycles. The lowest BCUT2D eigenvalue weighted by Gasteiger charge is -2.30. The number of nitrogens with zero attached hydrogens (tertiary/aromatic N) is 1. The minimum Gasteiger partial charge on any atom is -0.493 e. The second-order valence-electron chi connectivity index (χ2n) is 6.76. The highest BCUT2D eigenvalue weighted by molar-refractivity contribution is 7.74. The van der Waals surface area contributed by atoms with Gasteiger partial charge in [0.1, 0.15) is 5.76 Å². The van der Waals surface area contributed by atoms with Gasteiger partial charge in [-0.15, -0.1) is 0 Å². The highest BCUT2D eigenvalue weighted by Crippen LogP contribution is 2.42. The van der Waals surface area contributed by atoms with Gasteiger partial charge in [0, 0.05) is 6.42 Å². The van der Waals surface area contributed by atoms with Crippen molar-refractivity contribution in [2.45, 2.75) is 56.5 Å². The van der Waals surface area contributed by atoms with Crippen LogP contribution in [-0.4, -0.2) is 22.0 Å². The van der Waals surface area contributed by atoms with E-state index in [0.29, 0.717) is 36.5 Å². The smallest absolute Gasteiger partial charge is 0.357 e. The van der Waals surface area contributed by atoms with E-state index in [4.69, 9.17) is 18.2 Å². The molecular formula is C19H23NO5S. The second kappa shape index (κ2) is 8.11. The van der Waals surface area contributed by atoms with Gasteiger partial charge < -0.3 is 13.7 Å². The van der Waals surface area contributed by atoms with Gasteiger partial charge in [-0.05, 0) is 62.3 Å². The topological polar surface area (TPSA) is 88.8 Å². The van der Waals surface area contributed by atoms with Crippen molar-refractivity contribution in [3.8, 4) is 17.6 Å². The number of ether oxygens (including phenoxy) is 2. The van der Waals surface area contributed by atoms with Crippen LogP contribution < -0.4 is 9.47 Å². The van der Waals surface area contributed by atoms with Crippen LogP contribution in [0.5, 0.6) is 11.5 Å². The molecule has 26 heavy (non-hydrogen) atoms. The molecule has 1 saturated carbocycles. The minimum absolute atomic E-state index is 0.197. The normalized spacial score (nSPS) is 24.4. The summed E-state index contributed by atoms with van der Waals surface area (Å²) in [6.07, 6.45) is 7.73. The van der Waals surface area contributed by atoms with Gasteiger partial charge in [-0.25, -0.2) is 0 Å². The molecule has 3 rings (SSSR count). The van der Waals surface area contributed by atoms with Crippen molar-refractivity contribution in [3.05, 3.63) is 35.6 Å². The first-order chi connectivity index (χ1) is 12.6. The minimum atomic E-state index is -2.33. The van der Waals surface area contributed by atoms with E-state index < -0.39 is 16.8 Å². The largest absolute Gasteiger partial charge is 0.493 e. The van der Waals surface area contributed by atoms with Crippen LogP contribution in [0.2, 0.25) is 0 Å².